The first-order chi connectivity index (χ1) is 9.27. The van der Waals surface area contributed by atoms with E-state index in [1.807, 2.05) is 4.68 Å². The van der Waals surface area contributed by atoms with Crippen molar-refractivity contribution in [2.24, 2.45) is 5.84 Å². The van der Waals surface area contributed by atoms with Crippen LogP contribution in [0, 0.1) is 0 Å². The number of nitrogens with zero attached hydrogens (tertiary/aromatic N) is 4. The average Bonchev–Trinajstić information content (AvgIpc) is 2.80. The molecule has 0 aromatic carbocycles. The molecule has 102 valence electrons. The van der Waals surface area contributed by atoms with Crippen LogP contribution >= 0.6 is 15.9 Å². The Kier molecular flexibility index (Phi) is 4.97. The first kappa shape index (κ1) is 14.1. The van der Waals surface area contributed by atoms with E-state index in [0.717, 1.165) is 15.7 Å². The van der Waals surface area contributed by atoms with Crippen molar-refractivity contribution in [1.29, 1.82) is 0 Å². The van der Waals surface area contributed by atoms with Gasteiger partial charge in [-0.25, -0.2) is 15.4 Å². The highest BCUT2D eigenvalue weighted by atomic mass is 79.9. The number of hydrogen-bond acceptors (Lipinski definition) is 6. The molecule has 1 atom stereocenters. The zero-order valence-electron chi connectivity index (χ0n) is 10.5. The van der Waals surface area contributed by atoms with Crippen molar-refractivity contribution in [1.82, 2.24) is 25.2 Å². The first-order valence-corrected chi connectivity index (χ1v) is 6.48. The Hall–Kier alpha value is -1.35. The lowest BCUT2D eigenvalue weighted by Crippen LogP contribution is -2.31. The number of nitrogens with two attached hydrogens (primary N) is 1. The van der Waals surface area contributed by atoms with E-state index in [2.05, 4.69) is 36.4 Å². The van der Waals surface area contributed by atoms with Gasteiger partial charge in [0.05, 0.1) is 35.6 Å². The Balaban J connectivity index is 2.35. The predicted molar refractivity (Wildman–Crippen MR) is 73.0 cm³/mol. The summed E-state index contributed by atoms with van der Waals surface area (Å²) >= 11 is 3.49. The van der Waals surface area contributed by atoms with Gasteiger partial charge in [-0.3, -0.25) is 10.5 Å². The van der Waals surface area contributed by atoms with Gasteiger partial charge in [0.1, 0.15) is 6.33 Å². The Bertz CT molecular complexity index is 517. The SMILES string of the molecule is COCCn1ncc(Br)c1C(NN)c1cncnc1. The van der Waals surface area contributed by atoms with Crippen LogP contribution in [0.1, 0.15) is 17.3 Å². The molecule has 0 saturated carbocycles. The Morgan fingerprint density at radius 2 is 2.16 bits per heavy atom. The number of hydrazine groups is 1. The van der Waals surface area contributed by atoms with Crippen LogP contribution in [0.3, 0.4) is 0 Å². The third-order valence-electron chi connectivity index (χ3n) is 2.69. The highest BCUT2D eigenvalue weighted by Gasteiger charge is 2.21. The molecule has 0 saturated heterocycles. The summed E-state index contributed by atoms with van der Waals surface area (Å²) in [6, 6.07) is -0.241. The van der Waals surface area contributed by atoms with Gasteiger partial charge in [0.25, 0.3) is 0 Å². The Morgan fingerprint density at radius 3 is 2.79 bits per heavy atom. The third kappa shape index (κ3) is 3.16. The van der Waals surface area contributed by atoms with E-state index in [4.69, 9.17) is 10.6 Å². The highest BCUT2D eigenvalue weighted by molar-refractivity contribution is 9.10. The fourth-order valence-corrected chi connectivity index (χ4v) is 2.33. The number of rotatable bonds is 6. The Morgan fingerprint density at radius 1 is 1.42 bits per heavy atom. The lowest BCUT2D eigenvalue weighted by molar-refractivity contribution is 0.182. The van der Waals surface area contributed by atoms with Crippen molar-refractivity contribution >= 4 is 15.9 Å². The maximum atomic E-state index is 5.66. The Labute approximate surface area is 119 Å². The summed E-state index contributed by atoms with van der Waals surface area (Å²) in [5.74, 6) is 5.66. The largest absolute Gasteiger partial charge is 0.383 e. The van der Waals surface area contributed by atoms with E-state index in [1.54, 1.807) is 25.7 Å². The van der Waals surface area contributed by atoms with Crippen LogP contribution in [-0.4, -0.2) is 33.5 Å². The van der Waals surface area contributed by atoms with Crippen LogP contribution in [0.4, 0.5) is 0 Å². The van der Waals surface area contributed by atoms with Gasteiger partial charge < -0.3 is 4.74 Å². The second-order valence-electron chi connectivity index (χ2n) is 3.87. The van der Waals surface area contributed by atoms with Crippen molar-refractivity contribution in [3.63, 3.8) is 0 Å². The van der Waals surface area contributed by atoms with Gasteiger partial charge in [0.2, 0.25) is 0 Å². The molecule has 19 heavy (non-hydrogen) atoms. The summed E-state index contributed by atoms with van der Waals surface area (Å²) in [7, 11) is 1.65. The number of halogens is 1. The lowest BCUT2D eigenvalue weighted by atomic mass is 10.1. The van der Waals surface area contributed by atoms with Gasteiger partial charge in [0.15, 0.2) is 0 Å². The molecule has 2 aromatic heterocycles. The first-order valence-electron chi connectivity index (χ1n) is 5.69. The maximum absolute atomic E-state index is 5.66. The molecule has 8 heteroatoms. The summed E-state index contributed by atoms with van der Waals surface area (Å²) in [5, 5.41) is 4.30. The van der Waals surface area contributed by atoms with Crippen molar-refractivity contribution in [3.05, 3.63) is 40.6 Å². The molecule has 0 spiro atoms. The van der Waals surface area contributed by atoms with Crippen molar-refractivity contribution < 1.29 is 4.74 Å². The second kappa shape index (κ2) is 6.71. The summed E-state index contributed by atoms with van der Waals surface area (Å²) in [4.78, 5) is 8.02. The standard InChI is InChI=1S/C11H15BrN6O/c1-19-3-2-18-11(9(12)6-16-18)10(17-13)8-4-14-7-15-5-8/h4-7,10,17H,2-3,13H2,1H3. The number of ether oxygens (including phenoxy) is 1. The van der Waals surface area contributed by atoms with Crippen LogP contribution in [-0.2, 0) is 11.3 Å². The molecule has 0 radical (unpaired) electrons. The molecular formula is C11H15BrN6O. The molecular weight excluding hydrogens is 312 g/mol. The third-order valence-corrected chi connectivity index (χ3v) is 3.31. The van der Waals surface area contributed by atoms with Gasteiger partial charge in [-0.05, 0) is 15.9 Å². The van der Waals surface area contributed by atoms with E-state index >= 15 is 0 Å². The van der Waals surface area contributed by atoms with Crippen molar-refractivity contribution in [3.8, 4) is 0 Å². The van der Waals surface area contributed by atoms with Gasteiger partial charge in [-0.1, -0.05) is 0 Å². The van der Waals surface area contributed by atoms with E-state index in [1.165, 1.54) is 6.33 Å². The topological polar surface area (TPSA) is 90.9 Å². The van der Waals surface area contributed by atoms with Gasteiger partial charge >= 0.3 is 0 Å². The molecule has 0 amide bonds. The minimum absolute atomic E-state index is 0.241. The monoisotopic (exact) mass is 326 g/mol. The fraction of sp³-hybridized carbons (Fsp3) is 0.364. The molecule has 2 heterocycles. The second-order valence-corrected chi connectivity index (χ2v) is 4.72. The van der Waals surface area contributed by atoms with Gasteiger partial charge in [-0.15, -0.1) is 0 Å². The molecule has 1 unspecified atom stereocenters. The predicted octanol–water partition coefficient (Wildman–Crippen LogP) is 0.635. The zero-order chi connectivity index (χ0) is 13.7. The van der Waals surface area contributed by atoms with Crippen LogP contribution in [0.5, 0.6) is 0 Å². The van der Waals surface area contributed by atoms with E-state index in [9.17, 15) is 0 Å². The van der Waals surface area contributed by atoms with E-state index in [0.29, 0.717) is 13.2 Å². The smallest absolute Gasteiger partial charge is 0.115 e. The summed E-state index contributed by atoms with van der Waals surface area (Å²) in [6.45, 7) is 1.22. The minimum atomic E-state index is -0.241. The van der Waals surface area contributed by atoms with E-state index in [-0.39, 0.29) is 6.04 Å². The summed E-state index contributed by atoms with van der Waals surface area (Å²) in [5.41, 5.74) is 4.54. The number of hydrogen-bond donors (Lipinski definition) is 2. The number of aromatic nitrogens is 4. The summed E-state index contributed by atoms with van der Waals surface area (Å²) < 4.78 is 7.79. The van der Waals surface area contributed by atoms with Crippen LogP contribution in [0.25, 0.3) is 0 Å². The summed E-state index contributed by atoms with van der Waals surface area (Å²) in [6.07, 6.45) is 6.66. The van der Waals surface area contributed by atoms with Crippen LogP contribution < -0.4 is 11.3 Å². The fourth-order valence-electron chi connectivity index (χ4n) is 1.81. The van der Waals surface area contributed by atoms with Crippen LogP contribution in [0.2, 0.25) is 0 Å². The van der Waals surface area contributed by atoms with Crippen molar-refractivity contribution in [2.75, 3.05) is 13.7 Å². The van der Waals surface area contributed by atoms with Gasteiger partial charge in [0, 0.05) is 25.1 Å². The number of methoxy groups -OCH3 is 1. The quantitative estimate of drug-likeness (QED) is 0.597. The molecule has 0 aliphatic carbocycles. The van der Waals surface area contributed by atoms with Crippen LogP contribution in [0.15, 0.2) is 29.4 Å². The number of nitrogens with one attached hydrogen (secondary N) is 1. The lowest BCUT2D eigenvalue weighted by Gasteiger charge is -2.18. The maximum Gasteiger partial charge on any atom is 0.115 e. The zero-order valence-corrected chi connectivity index (χ0v) is 12.0. The molecule has 0 fully saturated rings. The molecule has 0 aliphatic rings. The van der Waals surface area contributed by atoms with Gasteiger partial charge in [-0.2, -0.15) is 5.10 Å². The van der Waals surface area contributed by atoms with E-state index < -0.39 is 0 Å². The molecule has 0 bridgehead atoms. The van der Waals surface area contributed by atoms with Crippen molar-refractivity contribution in [2.45, 2.75) is 12.6 Å². The minimum Gasteiger partial charge on any atom is -0.383 e. The molecule has 7 nitrogen and oxygen atoms in total. The molecule has 2 rings (SSSR count). The normalized spacial score (nSPS) is 12.6. The average molecular weight is 327 g/mol. The molecule has 0 aliphatic heterocycles. The molecule has 3 N–H and O–H groups in total. The molecule has 2 aromatic rings. The highest BCUT2D eigenvalue weighted by Crippen LogP contribution is 2.27.